The van der Waals surface area contributed by atoms with Gasteiger partial charge in [0.25, 0.3) is 10.1 Å². The van der Waals surface area contributed by atoms with Crippen molar-refractivity contribution in [3.63, 3.8) is 0 Å². The van der Waals surface area contributed by atoms with Crippen LogP contribution in [0.3, 0.4) is 0 Å². The first-order valence-electron chi connectivity index (χ1n) is 3.99. The Balaban J connectivity index is 3.04. The van der Waals surface area contributed by atoms with E-state index in [0.29, 0.717) is 5.39 Å². The topological polar surface area (TPSA) is 80.2 Å². The monoisotopic (exact) mass is 278 g/mol. The van der Waals surface area contributed by atoms with Crippen LogP contribution in [0, 0.1) is 0 Å². The molecular weight excluding hydrogens is 275 g/mol. The van der Waals surface area contributed by atoms with E-state index in [2.05, 4.69) is 10.2 Å². The minimum Gasteiger partial charge on any atom is -0.282 e. The maximum Gasteiger partial charge on any atom is 0.295 e. The van der Waals surface area contributed by atoms with Crippen LogP contribution < -0.4 is 0 Å². The van der Waals surface area contributed by atoms with Gasteiger partial charge < -0.3 is 0 Å². The van der Waals surface area contributed by atoms with E-state index in [-0.39, 0.29) is 20.6 Å². The van der Waals surface area contributed by atoms with Gasteiger partial charge in [0.05, 0.1) is 0 Å². The average Bonchev–Trinajstić information content (AvgIpc) is 2.22. The molecule has 0 aliphatic carbocycles. The molecule has 1 heterocycles. The van der Waals surface area contributed by atoms with E-state index >= 15 is 0 Å². The summed E-state index contributed by atoms with van der Waals surface area (Å²) in [4.78, 5) is -0.341. The van der Waals surface area contributed by atoms with Gasteiger partial charge in [-0.25, -0.2) is 0 Å². The van der Waals surface area contributed by atoms with Crippen LogP contribution in [0.4, 0.5) is 0 Å². The largest absolute Gasteiger partial charge is 0.295 e. The van der Waals surface area contributed by atoms with Gasteiger partial charge in [0.15, 0.2) is 10.3 Å². The molecule has 1 N–H and O–H groups in total. The zero-order chi connectivity index (χ0) is 11.9. The van der Waals surface area contributed by atoms with E-state index < -0.39 is 10.1 Å². The molecular formula is C8H4Cl2N2O3S. The standard InChI is InChI=1S/C8H4Cl2N2O3S/c9-7-4-2-1-3-5(16(13,14)15)6(4)8(10)12-11-7/h1-3H,(H,13,14,15). The third kappa shape index (κ3) is 1.84. The molecule has 0 bridgehead atoms. The molecule has 0 saturated heterocycles. The maximum absolute atomic E-state index is 11.1. The predicted molar refractivity (Wildman–Crippen MR) is 59.4 cm³/mol. The lowest BCUT2D eigenvalue weighted by atomic mass is 10.2. The van der Waals surface area contributed by atoms with Crippen LogP contribution in [-0.2, 0) is 10.1 Å². The van der Waals surface area contributed by atoms with E-state index in [0.717, 1.165) is 0 Å². The summed E-state index contributed by atoms with van der Waals surface area (Å²) in [5.74, 6) is 0. The van der Waals surface area contributed by atoms with Gasteiger partial charge in [0.2, 0.25) is 0 Å². The first-order valence-corrected chi connectivity index (χ1v) is 6.19. The summed E-state index contributed by atoms with van der Waals surface area (Å²) >= 11 is 11.5. The van der Waals surface area contributed by atoms with E-state index in [1.54, 1.807) is 0 Å². The van der Waals surface area contributed by atoms with Crippen LogP contribution in [0.1, 0.15) is 0 Å². The van der Waals surface area contributed by atoms with Gasteiger partial charge in [-0.3, -0.25) is 4.55 Å². The number of hydrogen-bond donors (Lipinski definition) is 1. The summed E-state index contributed by atoms with van der Waals surface area (Å²) < 4.78 is 31.3. The zero-order valence-corrected chi connectivity index (χ0v) is 9.88. The van der Waals surface area contributed by atoms with E-state index in [9.17, 15) is 8.42 Å². The molecule has 16 heavy (non-hydrogen) atoms. The Kier molecular flexibility index (Phi) is 2.75. The summed E-state index contributed by atoms with van der Waals surface area (Å²) in [5.41, 5.74) is 0. The van der Waals surface area contributed by atoms with Gasteiger partial charge in [0.1, 0.15) is 4.90 Å². The van der Waals surface area contributed by atoms with E-state index in [1.165, 1.54) is 18.2 Å². The van der Waals surface area contributed by atoms with Crippen molar-refractivity contribution in [2.24, 2.45) is 0 Å². The Labute approximate surface area is 101 Å². The zero-order valence-electron chi connectivity index (χ0n) is 7.55. The number of rotatable bonds is 1. The van der Waals surface area contributed by atoms with Crippen molar-refractivity contribution < 1.29 is 13.0 Å². The SMILES string of the molecule is O=S(=O)(O)c1cccc2c(Cl)nnc(Cl)c12. The maximum atomic E-state index is 11.1. The lowest BCUT2D eigenvalue weighted by Crippen LogP contribution is -2.00. The van der Waals surface area contributed by atoms with Gasteiger partial charge in [-0.2, -0.15) is 8.42 Å². The molecule has 1 aromatic heterocycles. The highest BCUT2D eigenvalue weighted by Crippen LogP contribution is 2.31. The number of aromatic nitrogens is 2. The summed E-state index contributed by atoms with van der Waals surface area (Å²) in [7, 11) is -4.38. The Morgan fingerprint density at radius 3 is 2.38 bits per heavy atom. The fourth-order valence-corrected chi connectivity index (χ4v) is 2.53. The Hall–Kier alpha value is -0.950. The second-order valence-electron chi connectivity index (χ2n) is 2.94. The predicted octanol–water partition coefficient (Wildman–Crippen LogP) is 2.18. The van der Waals surface area contributed by atoms with Crippen molar-refractivity contribution in [1.29, 1.82) is 0 Å². The van der Waals surface area contributed by atoms with Crippen molar-refractivity contribution >= 4 is 44.1 Å². The number of fused-ring (bicyclic) bond motifs is 1. The van der Waals surface area contributed by atoms with Gasteiger partial charge in [-0.15, -0.1) is 10.2 Å². The molecule has 1 aromatic carbocycles. The molecule has 0 radical (unpaired) electrons. The first kappa shape index (κ1) is 11.5. The molecule has 84 valence electrons. The molecule has 0 saturated carbocycles. The molecule has 2 rings (SSSR count). The third-order valence-corrected chi connectivity index (χ3v) is 3.40. The smallest absolute Gasteiger partial charge is 0.282 e. The number of hydrogen-bond acceptors (Lipinski definition) is 4. The molecule has 0 unspecified atom stereocenters. The van der Waals surface area contributed by atoms with Crippen molar-refractivity contribution in [3.05, 3.63) is 28.5 Å². The van der Waals surface area contributed by atoms with Crippen LogP contribution in [0.25, 0.3) is 10.8 Å². The lowest BCUT2D eigenvalue weighted by molar-refractivity contribution is 0.484. The Morgan fingerprint density at radius 1 is 1.12 bits per heavy atom. The summed E-state index contributed by atoms with van der Waals surface area (Å²) in [6, 6.07) is 4.17. The molecule has 0 aliphatic heterocycles. The van der Waals surface area contributed by atoms with Gasteiger partial charge >= 0.3 is 0 Å². The number of benzene rings is 1. The second kappa shape index (κ2) is 3.81. The Morgan fingerprint density at radius 2 is 1.75 bits per heavy atom. The number of halogens is 2. The van der Waals surface area contributed by atoms with Crippen LogP contribution in [0.5, 0.6) is 0 Å². The molecule has 0 aliphatic rings. The van der Waals surface area contributed by atoms with Crippen molar-refractivity contribution in [3.8, 4) is 0 Å². The van der Waals surface area contributed by atoms with Crippen LogP contribution in [-0.4, -0.2) is 23.2 Å². The van der Waals surface area contributed by atoms with Crippen molar-refractivity contribution in [2.45, 2.75) is 4.90 Å². The minimum atomic E-state index is -4.38. The van der Waals surface area contributed by atoms with Crippen LogP contribution in [0.2, 0.25) is 10.3 Å². The molecule has 0 spiro atoms. The van der Waals surface area contributed by atoms with Gasteiger partial charge in [-0.05, 0) is 6.07 Å². The lowest BCUT2D eigenvalue weighted by Gasteiger charge is -2.05. The molecule has 0 atom stereocenters. The highest BCUT2D eigenvalue weighted by Gasteiger charge is 2.18. The van der Waals surface area contributed by atoms with Gasteiger partial charge in [0, 0.05) is 10.8 Å². The third-order valence-electron chi connectivity index (χ3n) is 1.96. The molecule has 0 amide bonds. The summed E-state index contributed by atoms with van der Waals surface area (Å²) in [5, 5.41) is 7.29. The van der Waals surface area contributed by atoms with E-state index in [4.69, 9.17) is 27.8 Å². The first-order chi connectivity index (χ1) is 7.41. The average molecular weight is 279 g/mol. The van der Waals surface area contributed by atoms with Gasteiger partial charge in [-0.1, -0.05) is 35.3 Å². The molecule has 5 nitrogen and oxygen atoms in total. The quantitative estimate of drug-likeness (QED) is 0.809. The number of nitrogens with zero attached hydrogens (tertiary/aromatic N) is 2. The highest BCUT2D eigenvalue weighted by molar-refractivity contribution is 7.86. The summed E-state index contributed by atoms with van der Waals surface area (Å²) in [6.45, 7) is 0. The van der Waals surface area contributed by atoms with E-state index in [1.807, 2.05) is 0 Å². The fourth-order valence-electron chi connectivity index (χ4n) is 1.32. The highest BCUT2D eigenvalue weighted by atomic mass is 35.5. The minimum absolute atomic E-state index is 0.0184. The molecule has 0 fully saturated rings. The second-order valence-corrected chi connectivity index (χ2v) is 5.04. The molecule has 8 heteroatoms. The van der Waals surface area contributed by atoms with Crippen molar-refractivity contribution in [1.82, 2.24) is 10.2 Å². The molecule has 2 aromatic rings. The van der Waals surface area contributed by atoms with Crippen molar-refractivity contribution in [2.75, 3.05) is 0 Å². The normalized spacial score (nSPS) is 11.9. The van der Waals surface area contributed by atoms with Crippen LogP contribution in [0.15, 0.2) is 23.1 Å². The Bertz CT molecular complexity index is 672. The summed E-state index contributed by atoms with van der Waals surface area (Å²) in [6.07, 6.45) is 0. The van der Waals surface area contributed by atoms with Crippen LogP contribution >= 0.6 is 23.2 Å². The fraction of sp³-hybridized carbons (Fsp3) is 0.